The maximum Gasteiger partial charge on any atom is 0.408 e. The number of amides is 4. The largest absolute Gasteiger partial charge is 0.465 e. The summed E-state index contributed by atoms with van der Waals surface area (Å²) in [5.41, 5.74) is 0.689. The molecule has 0 radical (unpaired) electrons. The first kappa shape index (κ1) is 23.9. The van der Waals surface area contributed by atoms with Gasteiger partial charge in [-0.05, 0) is 43.5 Å². The first-order valence-electron chi connectivity index (χ1n) is 11.0. The second-order valence-corrected chi connectivity index (χ2v) is 9.33. The summed E-state index contributed by atoms with van der Waals surface area (Å²) in [4.78, 5) is 63.4. The van der Waals surface area contributed by atoms with Gasteiger partial charge in [0, 0.05) is 36.1 Å². The minimum Gasteiger partial charge on any atom is -0.465 e. The maximum absolute atomic E-state index is 13.4. The number of carbonyl (C=O) groups excluding carboxylic acids is 4. The molecule has 1 unspecified atom stereocenters. The van der Waals surface area contributed by atoms with Crippen molar-refractivity contribution in [2.24, 2.45) is 0 Å². The molecule has 180 valence electrons. The molecule has 34 heavy (non-hydrogen) atoms. The summed E-state index contributed by atoms with van der Waals surface area (Å²) in [6, 6.07) is 4.68. The van der Waals surface area contributed by atoms with E-state index in [-0.39, 0.29) is 44.0 Å². The summed E-state index contributed by atoms with van der Waals surface area (Å²) >= 11 is 3.33. The molecule has 3 atom stereocenters. The van der Waals surface area contributed by atoms with Crippen molar-refractivity contribution in [1.82, 2.24) is 20.2 Å². The van der Waals surface area contributed by atoms with Gasteiger partial charge >= 0.3 is 6.09 Å². The van der Waals surface area contributed by atoms with Crippen molar-refractivity contribution < 1.29 is 29.1 Å². The van der Waals surface area contributed by atoms with Crippen LogP contribution in [0.2, 0.25) is 0 Å². The van der Waals surface area contributed by atoms with Crippen molar-refractivity contribution in [3.63, 3.8) is 0 Å². The first-order chi connectivity index (χ1) is 16.3. The van der Waals surface area contributed by atoms with E-state index >= 15 is 0 Å². The number of carbonyl (C=O) groups is 4. The number of carboxylic acid groups (broad SMARTS) is 1. The van der Waals surface area contributed by atoms with Crippen molar-refractivity contribution in [2.45, 2.75) is 50.2 Å². The molecule has 0 spiro atoms. The number of nitrogens with zero attached hydrogens (tertiary/aromatic N) is 3. The number of halogens is 1. The van der Waals surface area contributed by atoms with Crippen molar-refractivity contribution in [2.75, 3.05) is 18.4 Å². The van der Waals surface area contributed by atoms with Gasteiger partial charge in [-0.3, -0.25) is 19.3 Å². The van der Waals surface area contributed by atoms with E-state index in [2.05, 4.69) is 26.6 Å². The Morgan fingerprint density at radius 1 is 1.21 bits per heavy atom. The monoisotopic (exact) mass is 533 g/mol. The standard InChI is InChI=1S/C22H24BrN5O6/c23-13-3-5-14(6-4-13)25-20(31)17-10-16(11-24-17)27(22(33)34)18-7-8-19(30)28-15(12-29)2-1-9-26(28)21(18)32/h3-6,16-18,24H,1-2,7-11H2,(H,25,31)(H,33,34)/t16-,17-,18?/m0/s1. The zero-order chi connectivity index (χ0) is 24.4. The second kappa shape index (κ2) is 9.96. The Labute approximate surface area is 203 Å². The van der Waals surface area contributed by atoms with Crippen LogP contribution in [0.3, 0.4) is 0 Å². The zero-order valence-electron chi connectivity index (χ0n) is 18.2. The quantitative estimate of drug-likeness (QED) is 0.496. The van der Waals surface area contributed by atoms with Gasteiger partial charge in [-0.1, -0.05) is 15.9 Å². The van der Waals surface area contributed by atoms with E-state index < -0.39 is 36.0 Å². The minimum absolute atomic E-state index is 0.00460. The molecule has 11 nitrogen and oxygen atoms in total. The highest BCUT2D eigenvalue weighted by Gasteiger charge is 2.46. The lowest BCUT2D eigenvalue weighted by Gasteiger charge is -2.40. The van der Waals surface area contributed by atoms with Gasteiger partial charge in [0.15, 0.2) is 0 Å². The Balaban J connectivity index is 1.50. The number of nitrogens with one attached hydrogen (secondary N) is 2. The fraction of sp³-hybridized carbons (Fsp3) is 0.455. The molecule has 3 fully saturated rings. The molecule has 3 aliphatic rings. The van der Waals surface area contributed by atoms with Gasteiger partial charge in [0.1, 0.15) is 17.7 Å². The van der Waals surface area contributed by atoms with Crippen LogP contribution in [-0.4, -0.2) is 81.0 Å². The number of rotatable bonds is 4. The molecular formula is C22H24BrN5O6. The van der Waals surface area contributed by atoms with Gasteiger partial charge < -0.3 is 15.7 Å². The van der Waals surface area contributed by atoms with Gasteiger partial charge in [-0.15, -0.1) is 0 Å². The highest BCUT2D eigenvalue weighted by Crippen LogP contribution is 2.29. The van der Waals surface area contributed by atoms with Crippen LogP contribution in [-0.2, 0) is 19.2 Å². The van der Waals surface area contributed by atoms with Crippen LogP contribution >= 0.6 is 15.9 Å². The lowest BCUT2D eigenvalue weighted by atomic mass is 10.0. The summed E-state index contributed by atoms with van der Waals surface area (Å²) in [6.07, 6.45) is -0.416. The molecule has 0 aliphatic carbocycles. The van der Waals surface area contributed by atoms with Crippen molar-refractivity contribution in [3.05, 3.63) is 34.4 Å². The van der Waals surface area contributed by atoms with Crippen LogP contribution in [0.25, 0.3) is 0 Å². The van der Waals surface area contributed by atoms with Crippen molar-refractivity contribution in [3.8, 4) is 0 Å². The van der Waals surface area contributed by atoms with E-state index in [0.29, 0.717) is 18.5 Å². The Bertz CT molecular complexity index is 1060. The summed E-state index contributed by atoms with van der Waals surface area (Å²) in [5, 5.41) is 18.1. The van der Waals surface area contributed by atoms with Gasteiger partial charge in [0.2, 0.25) is 11.8 Å². The molecule has 0 aromatic heterocycles. The molecule has 12 heteroatoms. The average Bonchev–Trinajstić information content (AvgIpc) is 3.27. The topological polar surface area (TPSA) is 139 Å². The molecule has 1 aromatic carbocycles. The predicted molar refractivity (Wildman–Crippen MR) is 123 cm³/mol. The van der Waals surface area contributed by atoms with Gasteiger partial charge in [0.25, 0.3) is 5.91 Å². The second-order valence-electron chi connectivity index (χ2n) is 8.41. The molecule has 0 bridgehead atoms. The van der Waals surface area contributed by atoms with Crippen LogP contribution < -0.4 is 10.6 Å². The fourth-order valence-electron chi connectivity index (χ4n) is 4.69. The Morgan fingerprint density at radius 2 is 1.94 bits per heavy atom. The molecule has 1 aromatic rings. The molecule has 3 saturated heterocycles. The number of anilines is 1. The predicted octanol–water partition coefficient (Wildman–Crippen LogP) is 1.34. The van der Waals surface area contributed by atoms with Crippen LogP contribution in [0.4, 0.5) is 10.5 Å². The number of hydrazine groups is 1. The molecule has 3 aliphatic heterocycles. The van der Waals surface area contributed by atoms with E-state index in [4.69, 9.17) is 0 Å². The number of hydrogen-bond donors (Lipinski definition) is 3. The summed E-state index contributed by atoms with van der Waals surface area (Å²) in [7, 11) is 0. The SMILES string of the molecule is O=C=C1CCCN2C(=O)C(N(C(=O)O)[C@@H]3CN[C@H](C(=O)Nc4ccc(Br)cc4)C3)CCC(=O)N12. The molecular weight excluding hydrogens is 510 g/mol. The Hall–Kier alpha value is -3.21. The lowest BCUT2D eigenvalue weighted by molar-refractivity contribution is -0.161. The summed E-state index contributed by atoms with van der Waals surface area (Å²) in [5.74, 6) is 0.444. The van der Waals surface area contributed by atoms with Crippen LogP contribution in [0.15, 0.2) is 34.4 Å². The van der Waals surface area contributed by atoms with Crippen LogP contribution in [0, 0.1) is 0 Å². The van der Waals surface area contributed by atoms with Gasteiger partial charge in [-0.25, -0.2) is 19.6 Å². The highest BCUT2D eigenvalue weighted by molar-refractivity contribution is 9.10. The van der Waals surface area contributed by atoms with E-state index in [9.17, 15) is 29.1 Å². The van der Waals surface area contributed by atoms with Crippen LogP contribution in [0.1, 0.15) is 32.1 Å². The minimum atomic E-state index is -1.30. The Kier molecular flexibility index (Phi) is 7.01. The highest BCUT2D eigenvalue weighted by atomic mass is 79.9. The van der Waals surface area contributed by atoms with Crippen LogP contribution in [0.5, 0.6) is 0 Å². The average molecular weight is 534 g/mol. The maximum atomic E-state index is 13.4. The van der Waals surface area contributed by atoms with Crippen molar-refractivity contribution in [1.29, 1.82) is 0 Å². The van der Waals surface area contributed by atoms with E-state index in [1.54, 1.807) is 30.2 Å². The fourth-order valence-corrected chi connectivity index (χ4v) is 4.96. The van der Waals surface area contributed by atoms with E-state index in [0.717, 1.165) is 14.4 Å². The molecule has 3 N–H and O–H groups in total. The number of hydrogen-bond acceptors (Lipinski definition) is 6. The molecule has 0 saturated carbocycles. The lowest BCUT2D eigenvalue weighted by Crippen LogP contribution is -2.58. The molecule has 4 rings (SSSR count). The third-order valence-electron chi connectivity index (χ3n) is 6.29. The summed E-state index contributed by atoms with van der Waals surface area (Å²) in [6.45, 7) is 0.395. The Morgan fingerprint density at radius 3 is 2.62 bits per heavy atom. The zero-order valence-corrected chi connectivity index (χ0v) is 19.8. The molecule has 3 heterocycles. The van der Waals surface area contributed by atoms with Crippen molar-refractivity contribution >= 4 is 51.4 Å². The number of benzene rings is 1. The van der Waals surface area contributed by atoms with E-state index in [1.165, 1.54) is 5.01 Å². The van der Waals surface area contributed by atoms with Gasteiger partial charge in [0.05, 0.1) is 12.1 Å². The molecule has 4 amide bonds. The smallest absolute Gasteiger partial charge is 0.408 e. The van der Waals surface area contributed by atoms with Gasteiger partial charge in [-0.2, -0.15) is 0 Å². The first-order valence-corrected chi connectivity index (χ1v) is 11.8. The van der Waals surface area contributed by atoms with E-state index in [1.807, 2.05) is 0 Å². The normalized spacial score (nSPS) is 24.9. The third kappa shape index (κ3) is 4.70. The number of allylic oxidation sites excluding steroid dienone is 1. The number of fused-ring (bicyclic) bond motifs is 1. The third-order valence-corrected chi connectivity index (χ3v) is 6.82. The summed E-state index contributed by atoms with van der Waals surface area (Å²) < 4.78 is 0.872.